The molecule has 0 radical (unpaired) electrons. The third-order valence-corrected chi connectivity index (χ3v) is 8.42. The molecule has 9 heteroatoms. The van der Waals surface area contributed by atoms with Crippen molar-refractivity contribution in [3.8, 4) is 11.5 Å². The maximum absolute atomic E-state index is 14.0. The second-order valence-electron chi connectivity index (χ2n) is 10.1. The summed E-state index contributed by atoms with van der Waals surface area (Å²) in [7, 11) is 3.27. The summed E-state index contributed by atoms with van der Waals surface area (Å²) >= 11 is 0. The zero-order valence-electron chi connectivity index (χ0n) is 20.6. The van der Waals surface area contributed by atoms with E-state index in [2.05, 4.69) is 27.7 Å². The minimum Gasteiger partial charge on any atom is -0.493 e. The molecule has 3 atom stereocenters. The number of urea groups is 1. The number of benzene rings is 2. The van der Waals surface area contributed by atoms with Crippen molar-refractivity contribution >= 4 is 11.7 Å². The fourth-order valence-corrected chi connectivity index (χ4v) is 6.32. The fourth-order valence-electron chi connectivity index (χ4n) is 6.32. The standard InChI is InChI=1S/C27H32F3N3O3/c1-35-21-9-6-16(14-22(21)36-2)27-11-10-17(15-23(27)33(13-12-27)18-4-3-5-18)31-26(34)32-20-8-7-19(28)24(29)25(20)30/h6-9,14,17-18,23H,3-5,10-13,15H2,1-2H3,(H2,31,32,34)/t17-,23+,27-/m0/s1. The lowest BCUT2D eigenvalue weighted by Gasteiger charge is -2.48. The monoisotopic (exact) mass is 503 g/mol. The molecule has 1 aliphatic heterocycles. The van der Waals surface area contributed by atoms with E-state index in [1.54, 1.807) is 14.2 Å². The molecule has 2 aliphatic carbocycles. The third-order valence-electron chi connectivity index (χ3n) is 8.42. The zero-order valence-corrected chi connectivity index (χ0v) is 20.6. The molecule has 1 heterocycles. The van der Waals surface area contributed by atoms with Crippen LogP contribution in [0.2, 0.25) is 0 Å². The van der Waals surface area contributed by atoms with E-state index in [-0.39, 0.29) is 23.2 Å². The van der Waals surface area contributed by atoms with Gasteiger partial charge < -0.3 is 20.1 Å². The smallest absolute Gasteiger partial charge is 0.319 e. The number of nitrogens with one attached hydrogen (secondary N) is 2. The number of carbonyl (C=O) groups is 1. The largest absolute Gasteiger partial charge is 0.493 e. The summed E-state index contributed by atoms with van der Waals surface area (Å²) in [5.41, 5.74) is 0.772. The van der Waals surface area contributed by atoms with Gasteiger partial charge in [-0.15, -0.1) is 0 Å². The van der Waals surface area contributed by atoms with Crippen LogP contribution >= 0.6 is 0 Å². The first-order valence-electron chi connectivity index (χ1n) is 12.6. The molecular formula is C27H32F3N3O3. The number of carbonyl (C=O) groups excluding carboxylic acids is 1. The highest BCUT2D eigenvalue weighted by Crippen LogP contribution is 2.52. The van der Waals surface area contributed by atoms with Gasteiger partial charge in [0.05, 0.1) is 19.9 Å². The maximum atomic E-state index is 14.0. The Labute approximate surface area is 209 Å². The van der Waals surface area contributed by atoms with Crippen molar-refractivity contribution in [3.63, 3.8) is 0 Å². The number of likely N-dealkylation sites (tertiary alicyclic amines) is 1. The number of halogens is 3. The summed E-state index contributed by atoms with van der Waals surface area (Å²) in [6.07, 6.45) is 7.01. The van der Waals surface area contributed by atoms with Crippen molar-refractivity contribution in [2.75, 3.05) is 26.1 Å². The molecule has 3 fully saturated rings. The van der Waals surface area contributed by atoms with Crippen LogP contribution in [0.5, 0.6) is 11.5 Å². The number of methoxy groups -OCH3 is 2. The van der Waals surface area contributed by atoms with Crippen LogP contribution in [0.4, 0.5) is 23.7 Å². The number of hydrogen-bond acceptors (Lipinski definition) is 4. The van der Waals surface area contributed by atoms with E-state index in [1.165, 1.54) is 24.8 Å². The van der Waals surface area contributed by atoms with Crippen LogP contribution in [-0.4, -0.2) is 49.8 Å². The third kappa shape index (κ3) is 4.27. The Kier molecular flexibility index (Phi) is 6.76. The molecule has 0 unspecified atom stereocenters. The number of ether oxygens (including phenoxy) is 2. The number of nitrogens with zero attached hydrogens (tertiary/aromatic N) is 1. The molecular weight excluding hydrogens is 471 g/mol. The Morgan fingerprint density at radius 2 is 1.78 bits per heavy atom. The van der Waals surface area contributed by atoms with Gasteiger partial charge in [0.1, 0.15) is 0 Å². The lowest BCUT2D eigenvalue weighted by molar-refractivity contribution is 0.0646. The number of anilines is 1. The Hall–Kier alpha value is -2.94. The molecule has 0 aromatic heterocycles. The predicted octanol–water partition coefficient (Wildman–Crippen LogP) is 5.36. The van der Waals surface area contributed by atoms with Crippen molar-refractivity contribution in [2.45, 2.75) is 68.5 Å². The second-order valence-corrected chi connectivity index (χ2v) is 10.1. The van der Waals surface area contributed by atoms with E-state index in [0.29, 0.717) is 17.5 Å². The second kappa shape index (κ2) is 9.84. The number of rotatable bonds is 6. The highest BCUT2D eigenvalue weighted by molar-refractivity contribution is 5.89. The quantitative estimate of drug-likeness (QED) is 0.521. The first-order chi connectivity index (χ1) is 17.4. The van der Waals surface area contributed by atoms with Gasteiger partial charge in [-0.05, 0) is 74.9 Å². The summed E-state index contributed by atoms with van der Waals surface area (Å²) in [5.74, 6) is -2.91. The topological polar surface area (TPSA) is 62.8 Å². The van der Waals surface area contributed by atoms with Crippen LogP contribution in [0.3, 0.4) is 0 Å². The van der Waals surface area contributed by atoms with Crippen LogP contribution in [0.1, 0.15) is 50.5 Å². The van der Waals surface area contributed by atoms with Gasteiger partial charge in [-0.1, -0.05) is 12.5 Å². The van der Waals surface area contributed by atoms with Gasteiger partial charge in [-0.3, -0.25) is 4.90 Å². The molecule has 2 aromatic carbocycles. The molecule has 5 rings (SSSR count). The summed E-state index contributed by atoms with van der Waals surface area (Å²) in [5, 5.41) is 5.28. The van der Waals surface area contributed by atoms with Crippen molar-refractivity contribution in [3.05, 3.63) is 53.3 Å². The molecule has 2 aromatic rings. The molecule has 0 spiro atoms. The van der Waals surface area contributed by atoms with Crippen molar-refractivity contribution in [1.29, 1.82) is 0 Å². The van der Waals surface area contributed by atoms with E-state index >= 15 is 0 Å². The lowest BCUT2D eigenvalue weighted by Crippen LogP contribution is -2.55. The minimum absolute atomic E-state index is 0.0595. The van der Waals surface area contributed by atoms with Gasteiger partial charge >= 0.3 is 6.03 Å². The molecule has 2 N–H and O–H groups in total. The SMILES string of the molecule is COc1ccc([C@@]23CC[C@H](NC(=O)Nc4ccc(F)c(F)c4F)C[C@H]2N(C2CCC2)CC3)cc1OC. The first-order valence-corrected chi connectivity index (χ1v) is 12.6. The normalized spacial score (nSPS) is 26.1. The fraction of sp³-hybridized carbons (Fsp3) is 0.519. The van der Waals surface area contributed by atoms with Crippen LogP contribution in [-0.2, 0) is 5.41 Å². The summed E-state index contributed by atoms with van der Waals surface area (Å²) in [6.45, 7) is 1.00. The Bertz CT molecular complexity index is 1140. The lowest BCUT2D eigenvalue weighted by atomic mass is 9.64. The molecule has 2 saturated carbocycles. The molecule has 6 nitrogen and oxygen atoms in total. The van der Waals surface area contributed by atoms with Crippen LogP contribution in [0.25, 0.3) is 0 Å². The van der Waals surface area contributed by atoms with Gasteiger partial charge in [0.2, 0.25) is 0 Å². The van der Waals surface area contributed by atoms with E-state index < -0.39 is 23.5 Å². The Balaban J connectivity index is 1.35. The van der Waals surface area contributed by atoms with E-state index in [0.717, 1.165) is 44.4 Å². The van der Waals surface area contributed by atoms with Gasteiger partial charge in [0, 0.05) is 23.5 Å². The summed E-state index contributed by atoms with van der Waals surface area (Å²) in [6, 6.07) is 8.02. The summed E-state index contributed by atoms with van der Waals surface area (Å²) < 4.78 is 51.9. The molecule has 2 amide bonds. The van der Waals surface area contributed by atoms with Crippen molar-refractivity contribution < 1.29 is 27.4 Å². The van der Waals surface area contributed by atoms with Crippen LogP contribution < -0.4 is 20.1 Å². The van der Waals surface area contributed by atoms with Gasteiger partial charge in [0.15, 0.2) is 29.0 Å². The zero-order chi connectivity index (χ0) is 25.4. The van der Waals surface area contributed by atoms with E-state index in [1.807, 2.05) is 6.07 Å². The molecule has 0 bridgehead atoms. The average molecular weight is 504 g/mol. The van der Waals surface area contributed by atoms with Gasteiger partial charge in [-0.25, -0.2) is 18.0 Å². The summed E-state index contributed by atoms with van der Waals surface area (Å²) in [4.78, 5) is 15.3. The molecule has 36 heavy (non-hydrogen) atoms. The predicted molar refractivity (Wildman–Crippen MR) is 130 cm³/mol. The molecule has 194 valence electrons. The number of fused-ring (bicyclic) bond motifs is 1. The highest BCUT2D eigenvalue weighted by Gasteiger charge is 2.53. The van der Waals surface area contributed by atoms with E-state index in [9.17, 15) is 18.0 Å². The van der Waals surface area contributed by atoms with Crippen molar-refractivity contribution in [1.82, 2.24) is 10.2 Å². The number of amides is 2. The van der Waals surface area contributed by atoms with Gasteiger partial charge in [0.25, 0.3) is 0 Å². The molecule has 1 saturated heterocycles. The minimum atomic E-state index is -1.60. The first kappa shape index (κ1) is 24.7. The van der Waals surface area contributed by atoms with Crippen LogP contribution in [0.15, 0.2) is 30.3 Å². The average Bonchev–Trinajstić information content (AvgIpc) is 3.22. The molecule has 3 aliphatic rings. The van der Waals surface area contributed by atoms with E-state index in [4.69, 9.17) is 9.47 Å². The Morgan fingerprint density at radius 1 is 1.00 bits per heavy atom. The Morgan fingerprint density at radius 3 is 2.47 bits per heavy atom. The maximum Gasteiger partial charge on any atom is 0.319 e. The highest BCUT2D eigenvalue weighted by atomic mass is 19.2. The van der Waals surface area contributed by atoms with Gasteiger partial charge in [-0.2, -0.15) is 0 Å². The van der Waals surface area contributed by atoms with Crippen LogP contribution in [0, 0.1) is 17.5 Å². The van der Waals surface area contributed by atoms with Crippen molar-refractivity contribution in [2.24, 2.45) is 0 Å². The number of hydrogen-bond donors (Lipinski definition) is 2.